The number of amides is 1. The predicted octanol–water partition coefficient (Wildman–Crippen LogP) is 3.91. The van der Waals surface area contributed by atoms with Crippen molar-refractivity contribution in [2.24, 2.45) is 5.41 Å². The van der Waals surface area contributed by atoms with E-state index in [0.29, 0.717) is 28.6 Å². The molecule has 156 valence electrons. The molecule has 1 aromatic heterocycles. The van der Waals surface area contributed by atoms with Crippen LogP contribution in [-0.2, 0) is 11.2 Å². The summed E-state index contributed by atoms with van der Waals surface area (Å²) >= 11 is 0. The molecule has 4 rings (SSSR count). The van der Waals surface area contributed by atoms with E-state index < -0.39 is 17.1 Å². The summed E-state index contributed by atoms with van der Waals surface area (Å²) in [6.07, 6.45) is 2.66. The number of aryl methyl sites for hydroxylation is 2. The SMILES string of the molecule is Cc1cccc(CC(O)(CC2(C)CC2)C(=O)Nc2ccc3c(=O)onc(C)c3c2)c1. The van der Waals surface area contributed by atoms with Crippen molar-refractivity contribution in [3.63, 3.8) is 0 Å². The van der Waals surface area contributed by atoms with Gasteiger partial charge in [0.05, 0.1) is 11.1 Å². The second kappa shape index (κ2) is 7.36. The fourth-order valence-electron chi connectivity index (χ4n) is 4.03. The van der Waals surface area contributed by atoms with Crippen LogP contribution >= 0.6 is 0 Å². The lowest BCUT2D eigenvalue weighted by atomic mass is 9.83. The minimum atomic E-state index is -1.53. The highest BCUT2D eigenvalue weighted by molar-refractivity contribution is 5.99. The summed E-state index contributed by atoms with van der Waals surface area (Å²) in [7, 11) is 0. The topological polar surface area (TPSA) is 92.4 Å². The molecular weight excluding hydrogens is 380 g/mol. The lowest BCUT2D eigenvalue weighted by Gasteiger charge is -2.30. The van der Waals surface area contributed by atoms with Crippen LogP contribution in [0.1, 0.15) is 43.0 Å². The van der Waals surface area contributed by atoms with Crippen molar-refractivity contribution in [2.75, 3.05) is 5.32 Å². The first kappa shape index (κ1) is 20.3. The highest BCUT2D eigenvalue weighted by Gasteiger charge is 2.48. The molecule has 1 aliphatic rings. The van der Waals surface area contributed by atoms with Crippen molar-refractivity contribution in [2.45, 2.75) is 52.1 Å². The molecule has 0 spiro atoms. The van der Waals surface area contributed by atoms with Crippen LogP contribution < -0.4 is 10.9 Å². The molecule has 6 heteroatoms. The molecule has 0 radical (unpaired) electrons. The normalized spacial score (nSPS) is 16.8. The largest absolute Gasteiger partial charge is 0.380 e. The van der Waals surface area contributed by atoms with Gasteiger partial charge >= 0.3 is 5.63 Å². The van der Waals surface area contributed by atoms with Gasteiger partial charge in [-0.05, 0) is 62.3 Å². The Hall–Kier alpha value is -2.99. The zero-order valence-corrected chi connectivity index (χ0v) is 17.5. The average molecular weight is 406 g/mol. The van der Waals surface area contributed by atoms with Gasteiger partial charge in [0, 0.05) is 17.5 Å². The molecule has 1 heterocycles. The Morgan fingerprint density at radius 2 is 1.97 bits per heavy atom. The van der Waals surface area contributed by atoms with E-state index in [0.717, 1.165) is 24.0 Å². The van der Waals surface area contributed by atoms with E-state index in [1.165, 1.54) is 0 Å². The Kier molecular flexibility index (Phi) is 4.98. The first-order valence-corrected chi connectivity index (χ1v) is 10.2. The summed E-state index contributed by atoms with van der Waals surface area (Å²) in [5, 5.41) is 19.1. The summed E-state index contributed by atoms with van der Waals surface area (Å²) in [6.45, 7) is 5.83. The highest BCUT2D eigenvalue weighted by atomic mass is 16.5. The average Bonchev–Trinajstić information content (AvgIpc) is 3.41. The van der Waals surface area contributed by atoms with Crippen LogP contribution in [0.5, 0.6) is 0 Å². The summed E-state index contributed by atoms with van der Waals surface area (Å²) in [5.74, 6) is -0.440. The number of aromatic nitrogens is 1. The molecule has 0 aliphatic heterocycles. The Labute approximate surface area is 174 Å². The van der Waals surface area contributed by atoms with Crippen molar-refractivity contribution < 1.29 is 14.4 Å². The molecule has 1 saturated carbocycles. The third-order valence-corrected chi connectivity index (χ3v) is 5.98. The van der Waals surface area contributed by atoms with Gasteiger partial charge in [-0.1, -0.05) is 41.9 Å². The summed E-state index contributed by atoms with van der Waals surface area (Å²) in [4.78, 5) is 25.1. The maximum Gasteiger partial charge on any atom is 0.366 e. The molecular formula is C24H26N2O4. The maximum atomic E-state index is 13.3. The van der Waals surface area contributed by atoms with Gasteiger partial charge in [0.2, 0.25) is 0 Å². The van der Waals surface area contributed by atoms with Gasteiger partial charge in [0.25, 0.3) is 5.91 Å². The number of fused-ring (bicyclic) bond motifs is 1. The molecule has 1 aliphatic carbocycles. The van der Waals surface area contributed by atoms with E-state index in [2.05, 4.69) is 17.4 Å². The lowest BCUT2D eigenvalue weighted by molar-refractivity contribution is -0.136. The lowest BCUT2D eigenvalue weighted by Crippen LogP contribution is -2.46. The van der Waals surface area contributed by atoms with Gasteiger partial charge in [-0.25, -0.2) is 4.79 Å². The number of carbonyl (C=O) groups excluding carboxylic acids is 1. The molecule has 1 unspecified atom stereocenters. The number of aliphatic hydroxyl groups is 1. The third-order valence-electron chi connectivity index (χ3n) is 5.98. The first-order valence-electron chi connectivity index (χ1n) is 10.2. The molecule has 0 saturated heterocycles. The van der Waals surface area contributed by atoms with Crippen LogP contribution in [0.3, 0.4) is 0 Å². The predicted molar refractivity (Wildman–Crippen MR) is 115 cm³/mol. The van der Waals surface area contributed by atoms with Gasteiger partial charge in [0.15, 0.2) is 0 Å². The van der Waals surface area contributed by atoms with Crippen LogP contribution in [0.4, 0.5) is 5.69 Å². The number of benzene rings is 2. The second-order valence-electron chi connectivity index (χ2n) is 8.95. The molecule has 30 heavy (non-hydrogen) atoms. The Morgan fingerprint density at radius 3 is 2.67 bits per heavy atom. The van der Waals surface area contributed by atoms with Crippen LogP contribution in [0.15, 0.2) is 51.8 Å². The number of carbonyl (C=O) groups is 1. The number of rotatable bonds is 6. The zero-order valence-electron chi connectivity index (χ0n) is 17.5. The van der Waals surface area contributed by atoms with E-state index in [4.69, 9.17) is 4.52 Å². The molecule has 0 bridgehead atoms. The summed E-state index contributed by atoms with van der Waals surface area (Å²) < 4.78 is 4.75. The highest BCUT2D eigenvalue weighted by Crippen LogP contribution is 2.51. The van der Waals surface area contributed by atoms with Gasteiger partial charge < -0.3 is 14.9 Å². The molecule has 6 nitrogen and oxygen atoms in total. The molecule has 2 N–H and O–H groups in total. The monoisotopic (exact) mass is 406 g/mol. The minimum absolute atomic E-state index is 0.0151. The minimum Gasteiger partial charge on any atom is -0.380 e. The standard InChI is InChI=1S/C24H26N2O4/c1-15-5-4-6-17(11-15)13-24(29,14-23(3)9-10-23)22(28)25-18-7-8-19-20(12-18)16(2)26-30-21(19)27/h4-8,11-12,29H,9-10,13-14H2,1-3H3,(H,25,28). The quantitative estimate of drug-likeness (QED) is 0.648. The van der Waals surface area contributed by atoms with Crippen molar-refractivity contribution in [3.8, 4) is 0 Å². The van der Waals surface area contributed by atoms with Gasteiger partial charge in [0.1, 0.15) is 5.60 Å². The van der Waals surface area contributed by atoms with Crippen molar-refractivity contribution >= 4 is 22.4 Å². The molecule has 1 amide bonds. The van der Waals surface area contributed by atoms with Gasteiger partial charge in [-0.15, -0.1) is 0 Å². The molecule has 3 aromatic rings. The van der Waals surface area contributed by atoms with Crippen LogP contribution in [0, 0.1) is 19.3 Å². The summed E-state index contributed by atoms with van der Waals surface area (Å²) in [5.41, 5.74) is 1.01. The third kappa shape index (κ3) is 4.14. The number of anilines is 1. The Morgan fingerprint density at radius 1 is 1.20 bits per heavy atom. The number of nitrogens with one attached hydrogen (secondary N) is 1. The van der Waals surface area contributed by atoms with Crippen LogP contribution in [0.25, 0.3) is 10.8 Å². The van der Waals surface area contributed by atoms with E-state index in [1.807, 2.05) is 31.2 Å². The second-order valence-corrected chi connectivity index (χ2v) is 8.95. The number of nitrogens with zero attached hydrogens (tertiary/aromatic N) is 1. The zero-order chi connectivity index (χ0) is 21.5. The molecule has 1 atom stereocenters. The fraction of sp³-hybridized carbons (Fsp3) is 0.375. The fourth-order valence-corrected chi connectivity index (χ4v) is 4.03. The number of hydrogen-bond donors (Lipinski definition) is 2. The van der Waals surface area contributed by atoms with E-state index >= 15 is 0 Å². The smallest absolute Gasteiger partial charge is 0.366 e. The first-order chi connectivity index (χ1) is 14.2. The van der Waals surface area contributed by atoms with E-state index in [1.54, 1.807) is 25.1 Å². The van der Waals surface area contributed by atoms with Crippen LogP contribution in [0.2, 0.25) is 0 Å². The van der Waals surface area contributed by atoms with Crippen molar-refractivity contribution in [3.05, 3.63) is 69.7 Å². The van der Waals surface area contributed by atoms with Crippen molar-refractivity contribution in [1.82, 2.24) is 5.16 Å². The van der Waals surface area contributed by atoms with Gasteiger partial charge in [-0.2, -0.15) is 0 Å². The summed E-state index contributed by atoms with van der Waals surface area (Å²) in [6, 6.07) is 12.8. The van der Waals surface area contributed by atoms with Crippen LogP contribution in [-0.4, -0.2) is 21.8 Å². The van der Waals surface area contributed by atoms with E-state index in [9.17, 15) is 14.7 Å². The molecule has 2 aromatic carbocycles. The number of hydrogen-bond acceptors (Lipinski definition) is 5. The van der Waals surface area contributed by atoms with Crippen molar-refractivity contribution in [1.29, 1.82) is 0 Å². The molecule has 1 fully saturated rings. The van der Waals surface area contributed by atoms with E-state index in [-0.39, 0.29) is 11.8 Å². The van der Waals surface area contributed by atoms with Gasteiger partial charge in [-0.3, -0.25) is 4.79 Å². The Bertz CT molecular complexity index is 1180. The maximum absolute atomic E-state index is 13.3. The Balaban J connectivity index is 1.64.